The van der Waals surface area contributed by atoms with Crippen molar-refractivity contribution in [1.29, 1.82) is 0 Å². The van der Waals surface area contributed by atoms with Gasteiger partial charge in [-0.25, -0.2) is 4.79 Å². The second-order valence-corrected chi connectivity index (χ2v) is 6.53. The van der Waals surface area contributed by atoms with Gasteiger partial charge < -0.3 is 9.84 Å². The summed E-state index contributed by atoms with van der Waals surface area (Å²) in [6, 6.07) is 15.4. The molecule has 8 heteroatoms. The molecule has 4 amide bonds. The van der Waals surface area contributed by atoms with Crippen molar-refractivity contribution < 1.29 is 18.9 Å². The van der Waals surface area contributed by atoms with E-state index in [0.29, 0.717) is 28.6 Å². The molecule has 28 heavy (non-hydrogen) atoms. The summed E-state index contributed by atoms with van der Waals surface area (Å²) in [4.78, 5) is 37.9. The molecule has 4 rings (SSSR count). The van der Waals surface area contributed by atoms with Gasteiger partial charge in [0.1, 0.15) is 11.2 Å². The maximum atomic E-state index is 13.0. The standard InChI is InChI=1S/C20H18N4O4/c1-2-20(13-8-4-3-5-9-13)18(26)24(19(27)21-20)22-17(25)12-15-14-10-6-7-11-16(14)28-23-15/h3-11H,2,12H2,1H3,(H,21,27)(H,22,25)/t20-/m1/s1. The molecule has 2 N–H and O–H groups in total. The molecule has 0 radical (unpaired) electrons. The van der Waals surface area contributed by atoms with Gasteiger partial charge in [-0.15, -0.1) is 0 Å². The molecule has 2 aromatic carbocycles. The molecule has 1 saturated heterocycles. The van der Waals surface area contributed by atoms with Crippen LogP contribution in [0.4, 0.5) is 4.79 Å². The van der Waals surface area contributed by atoms with E-state index in [4.69, 9.17) is 4.52 Å². The van der Waals surface area contributed by atoms with E-state index in [2.05, 4.69) is 15.9 Å². The molecule has 1 atom stereocenters. The van der Waals surface area contributed by atoms with E-state index in [1.807, 2.05) is 12.1 Å². The fourth-order valence-corrected chi connectivity index (χ4v) is 3.42. The Bertz CT molecular complexity index is 1060. The van der Waals surface area contributed by atoms with Gasteiger partial charge in [-0.2, -0.15) is 5.01 Å². The van der Waals surface area contributed by atoms with E-state index >= 15 is 0 Å². The maximum absolute atomic E-state index is 13.0. The molecule has 3 aromatic rings. The number of nitrogens with one attached hydrogen (secondary N) is 2. The number of hydrogen-bond acceptors (Lipinski definition) is 5. The molecule has 142 valence electrons. The molecular formula is C20H18N4O4. The summed E-state index contributed by atoms with van der Waals surface area (Å²) in [5.41, 5.74) is 2.85. The van der Waals surface area contributed by atoms with Gasteiger partial charge >= 0.3 is 6.03 Å². The highest BCUT2D eigenvalue weighted by Gasteiger charge is 2.52. The van der Waals surface area contributed by atoms with E-state index in [1.54, 1.807) is 49.4 Å². The predicted octanol–water partition coefficient (Wildman–Crippen LogP) is 2.26. The quantitative estimate of drug-likeness (QED) is 0.663. The average Bonchev–Trinajstić information content (AvgIpc) is 3.23. The molecule has 1 aromatic heterocycles. The van der Waals surface area contributed by atoms with Crippen LogP contribution >= 0.6 is 0 Å². The van der Waals surface area contributed by atoms with Gasteiger partial charge in [-0.05, 0) is 24.1 Å². The first-order valence-corrected chi connectivity index (χ1v) is 8.90. The molecule has 8 nitrogen and oxygen atoms in total. The van der Waals surface area contributed by atoms with Crippen molar-refractivity contribution >= 4 is 28.8 Å². The number of aromatic nitrogens is 1. The molecule has 0 unspecified atom stereocenters. The first-order chi connectivity index (χ1) is 13.5. The van der Waals surface area contributed by atoms with Crippen molar-refractivity contribution in [2.24, 2.45) is 0 Å². The zero-order valence-corrected chi connectivity index (χ0v) is 15.1. The monoisotopic (exact) mass is 378 g/mol. The van der Waals surface area contributed by atoms with E-state index in [0.717, 1.165) is 5.01 Å². The molecule has 0 saturated carbocycles. The lowest BCUT2D eigenvalue weighted by molar-refractivity contribution is -0.139. The fraction of sp³-hybridized carbons (Fsp3) is 0.200. The number of fused-ring (bicyclic) bond motifs is 1. The number of urea groups is 1. The number of rotatable bonds is 5. The highest BCUT2D eigenvalue weighted by Crippen LogP contribution is 2.31. The van der Waals surface area contributed by atoms with E-state index in [-0.39, 0.29) is 6.42 Å². The zero-order valence-electron chi connectivity index (χ0n) is 15.1. The minimum absolute atomic E-state index is 0.126. The third-order valence-corrected chi connectivity index (χ3v) is 4.91. The molecule has 0 bridgehead atoms. The van der Waals surface area contributed by atoms with E-state index in [9.17, 15) is 14.4 Å². The highest BCUT2D eigenvalue weighted by atomic mass is 16.5. The summed E-state index contributed by atoms with van der Waals surface area (Å²) in [5.74, 6) is -1.06. The first kappa shape index (κ1) is 17.7. The van der Waals surface area contributed by atoms with Gasteiger partial charge in [0.15, 0.2) is 5.58 Å². The van der Waals surface area contributed by atoms with Crippen LogP contribution in [0.3, 0.4) is 0 Å². The minimum Gasteiger partial charge on any atom is -0.356 e. The third kappa shape index (κ3) is 2.79. The molecular weight excluding hydrogens is 360 g/mol. The number of para-hydroxylation sites is 1. The SMILES string of the molecule is CC[C@]1(c2ccccc2)NC(=O)N(NC(=O)Cc2noc3ccccc23)C1=O. The summed E-state index contributed by atoms with van der Waals surface area (Å²) in [5, 5.41) is 8.06. The normalized spacial score (nSPS) is 19.1. The van der Waals surface area contributed by atoms with Crippen LogP contribution in [-0.2, 0) is 21.5 Å². The van der Waals surface area contributed by atoms with Crippen LogP contribution in [0.5, 0.6) is 0 Å². The molecule has 2 heterocycles. The molecule has 0 aliphatic carbocycles. The molecule has 1 fully saturated rings. The van der Waals surface area contributed by atoms with Crippen molar-refractivity contribution in [2.75, 3.05) is 0 Å². The van der Waals surface area contributed by atoms with Crippen molar-refractivity contribution in [3.05, 3.63) is 65.9 Å². The molecule has 1 aliphatic heterocycles. The Labute approximate surface area is 160 Å². The number of hydrazine groups is 1. The fourth-order valence-electron chi connectivity index (χ4n) is 3.42. The summed E-state index contributed by atoms with van der Waals surface area (Å²) in [6.07, 6.45) is 0.223. The Morgan fingerprint density at radius 1 is 1.14 bits per heavy atom. The topological polar surface area (TPSA) is 105 Å². The Morgan fingerprint density at radius 3 is 2.61 bits per heavy atom. The second-order valence-electron chi connectivity index (χ2n) is 6.53. The number of amides is 4. The number of imide groups is 1. The summed E-state index contributed by atoms with van der Waals surface area (Å²) < 4.78 is 5.18. The highest BCUT2D eigenvalue weighted by molar-refractivity contribution is 6.08. The summed E-state index contributed by atoms with van der Waals surface area (Å²) in [7, 11) is 0. The number of carbonyl (C=O) groups excluding carboxylic acids is 3. The Morgan fingerprint density at radius 2 is 1.86 bits per heavy atom. The van der Waals surface area contributed by atoms with Gasteiger partial charge in [0.05, 0.1) is 6.42 Å². The lowest BCUT2D eigenvalue weighted by Crippen LogP contribution is -2.49. The van der Waals surface area contributed by atoms with Crippen molar-refractivity contribution in [3.63, 3.8) is 0 Å². The van der Waals surface area contributed by atoms with Crippen molar-refractivity contribution in [1.82, 2.24) is 20.9 Å². The van der Waals surface area contributed by atoms with Crippen LogP contribution in [0.15, 0.2) is 59.1 Å². The lowest BCUT2D eigenvalue weighted by Gasteiger charge is -2.25. The lowest BCUT2D eigenvalue weighted by atomic mass is 9.87. The van der Waals surface area contributed by atoms with Gasteiger partial charge in [0.25, 0.3) is 5.91 Å². The Hall–Kier alpha value is -3.68. The number of benzene rings is 2. The first-order valence-electron chi connectivity index (χ1n) is 8.90. The van der Waals surface area contributed by atoms with Crippen LogP contribution in [0.25, 0.3) is 11.0 Å². The van der Waals surface area contributed by atoms with E-state index in [1.165, 1.54) is 0 Å². The van der Waals surface area contributed by atoms with Crippen LogP contribution in [-0.4, -0.2) is 28.0 Å². The van der Waals surface area contributed by atoms with Crippen LogP contribution in [0, 0.1) is 0 Å². The van der Waals surface area contributed by atoms with Gasteiger partial charge in [-0.3, -0.25) is 15.0 Å². The average molecular weight is 378 g/mol. The smallest absolute Gasteiger partial charge is 0.344 e. The Balaban J connectivity index is 1.54. The number of hydrogen-bond donors (Lipinski definition) is 2. The Kier molecular flexibility index (Phi) is 4.31. The minimum atomic E-state index is -1.20. The molecule has 0 spiro atoms. The van der Waals surface area contributed by atoms with Gasteiger partial charge in [0.2, 0.25) is 5.91 Å². The summed E-state index contributed by atoms with van der Waals surface area (Å²) in [6.45, 7) is 1.80. The largest absolute Gasteiger partial charge is 0.356 e. The van der Waals surface area contributed by atoms with E-state index < -0.39 is 23.4 Å². The predicted molar refractivity (Wildman–Crippen MR) is 99.6 cm³/mol. The van der Waals surface area contributed by atoms with Crippen molar-refractivity contribution in [3.8, 4) is 0 Å². The van der Waals surface area contributed by atoms with Crippen LogP contribution < -0.4 is 10.7 Å². The number of nitrogens with zero attached hydrogens (tertiary/aromatic N) is 2. The van der Waals surface area contributed by atoms with Gasteiger partial charge in [0, 0.05) is 5.39 Å². The zero-order chi connectivity index (χ0) is 19.7. The van der Waals surface area contributed by atoms with Crippen LogP contribution in [0.1, 0.15) is 24.6 Å². The maximum Gasteiger partial charge on any atom is 0.344 e. The summed E-state index contributed by atoms with van der Waals surface area (Å²) >= 11 is 0. The van der Waals surface area contributed by atoms with Gasteiger partial charge in [-0.1, -0.05) is 54.5 Å². The molecule has 1 aliphatic rings. The third-order valence-electron chi connectivity index (χ3n) is 4.91. The second kappa shape index (κ2) is 6.80. The number of carbonyl (C=O) groups is 3. The van der Waals surface area contributed by atoms with Crippen LogP contribution in [0.2, 0.25) is 0 Å². The van der Waals surface area contributed by atoms with Crippen molar-refractivity contribution in [2.45, 2.75) is 25.3 Å².